The van der Waals surface area contributed by atoms with E-state index in [1.54, 1.807) is 11.3 Å². The van der Waals surface area contributed by atoms with E-state index in [1.165, 1.54) is 0 Å². The summed E-state index contributed by atoms with van der Waals surface area (Å²) in [6.07, 6.45) is 1.88. The van der Waals surface area contributed by atoms with Gasteiger partial charge in [0.05, 0.1) is 6.54 Å². The van der Waals surface area contributed by atoms with Crippen molar-refractivity contribution in [3.8, 4) is 0 Å². The fourth-order valence-electron chi connectivity index (χ4n) is 1.58. The van der Waals surface area contributed by atoms with Gasteiger partial charge in [0, 0.05) is 37.3 Å². The third-order valence-electron chi connectivity index (χ3n) is 2.53. The lowest BCUT2D eigenvalue weighted by Crippen LogP contribution is -2.33. The third-order valence-corrected chi connectivity index (χ3v) is 3.59. The standard InChI is InChI=1S/C12H22N4OS/c1-4-14-11(17)9-13-7-10-8-15-12(18-10)16(5-2)6-3/h8,13H,4-7,9H2,1-3H3,(H,14,17). The smallest absolute Gasteiger partial charge is 0.233 e. The van der Waals surface area contributed by atoms with E-state index in [9.17, 15) is 4.79 Å². The number of nitrogens with zero attached hydrogens (tertiary/aromatic N) is 2. The molecule has 1 rings (SSSR count). The van der Waals surface area contributed by atoms with Gasteiger partial charge in [-0.3, -0.25) is 4.79 Å². The summed E-state index contributed by atoms with van der Waals surface area (Å²) in [6, 6.07) is 0. The zero-order valence-corrected chi connectivity index (χ0v) is 12.1. The maximum absolute atomic E-state index is 11.2. The second kappa shape index (κ2) is 8.05. The average Bonchev–Trinajstić information content (AvgIpc) is 2.80. The third kappa shape index (κ3) is 4.62. The SMILES string of the molecule is CCNC(=O)CNCc1cnc(N(CC)CC)s1. The van der Waals surface area contributed by atoms with Gasteiger partial charge in [-0.05, 0) is 20.8 Å². The highest BCUT2D eigenvalue weighted by atomic mass is 32.1. The minimum absolute atomic E-state index is 0.0333. The second-order valence-corrected chi connectivity index (χ2v) is 4.93. The Hall–Kier alpha value is -1.14. The maximum atomic E-state index is 11.2. The van der Waals surface area contributed by atoms with Crippen molar-refractivity contribution in [1.82, 2.24) is 15.6 Å². The molecule has 1 aromatic rings. The van der Waals surface area contributed by atoms with Crippen molar-refractivity contribution in [2.45, 2.75) is 27.3 Å². The van der Waals surface area contributed by atoms with Crippen molar-refractivity contribution in [3.05, 3.63) is 11.1 Å². The Morgan fingerprint density at radius 3 is 2.72 bits per heavy atom. The van der Waals surface area contributed by atoms with Gasteiger partial charge in [-0.25, -0.2) is 4.98 Å². The van der Waals surface area contributed by atoms with E-state index in [1.807, 2.05) is 13.1 Å². The molecule has 1 aromatic heterocycles. The number of amides is 1. The molecule has 6 heteroatoms. The van der Waals surface area contributed by atoms with E-state index in [0.29, 0.717) is 19.6 Å². The van der Waals surface area contributed by atoms with Crippen LogP contribution in [0.25, 0.3) is 0 Å². The molecule has 0 aliphatic heterocycles. The zero-order valence-electron chi connectivity index (χ0n) is 11.3. The van der Waals surface area contributed by atoms with Gasteiger partial charge in [0.2, 0.25) is 5.91 Å². The van der Waals surface area contributed by atoms with Crippen LogP contribution in [-0.4, -0.2) is 37.1 Å². The lowest BCUT2D eigenvalue weighted by Gasteiger charge is -2.16. The summed E-state index contributed by atoms with van der Waals surface area (Å²) in [6.45, 7) is 9.81. The van der Waals surface area contributed by atoms with Gasteiger partial charge in [-0.15, -0.1) is 11.3 Å². The van der Waals surface area contributed by atoms with Gasteiger partial charge in [-0.2, -0.15) is 0 Å². The van der Waals surface area contributed by atoms with Gasteiger partial charge >= 0.3 is 0 Å². The molecule has 0 saturated carbocycles. The van der Waals surface area contributed by atoms with Crippen LogP contribution in [0.15, 0.2) is 6.20 Å². The number of anilines is 1. The van der Waals surface area contributed by atoms with Crippen molar-refractivity contribution in [2.24, 2.45) is 0 Å². The lowest BCUT2D eigenvalue weighted by atomic mass is 10.5. The van der Waals surface area contributed by atoms with Crippen molar-refractivity contribution < 1.29 is 4.79 Å². The number of carbonyl (C=O) groups excluding carboxylic acids is 1. The van der Waals surface area contributed by atoms with Crippen LogP contribution >= 0.6 is 11.3 Å². The molecule has 0 fully saturated rings. The molecule has 0 saturated heterocycles. The number of carbonyl (C=O) groups is 1. The molecular weight excluding hydrogens is 248 g/mol. The molecule has 0 bridgehead atoms. The molecule has 18 heavy (non-hydrogen) atoms. The summed E-state index contributed by atoms with van der Waals surface area (Å²) in [4.78, 5) is 19.0. The summed E-state index contributed by atoms with van der Waals surface area (Å²) < 4.78 is 0. The Balaban J connectivity index is 2.37. The van der Waals surface area contributed by atoms with Crippen LogP contribution in [0.2, 0.25) is 0 Å². The van der Waals surface area contributed by atoms with Gasteiger partial charge in [0.25, 0.3) is 0 Å². The molecule has 1 amide bonds. The molecule has 1 heterocycles. The van der Waals surface area contributed by atoms with Crippen LogP contribution in [0.1, 0.15) is 25.6 Å². The number of rotatable bonds is 8. The largest absolute Gasteiger partial charge is 0.355 e. The first kappa shape index (κ1) is 14.9. The Kier molecular flexibility index (Phi) is 6.67. The summed E-state index contributed by atoms with van der Waals surface area (Å²) in [5.74, 6) is 0.0333. The second-order valence-electron chi connectivity index (χ2n) is 3.84. The van der Waals surface area contributed by atoms with Crippen LogP contribution in [0.4, 0.5) is 5.13 Å². The number of thiazole rings is 1. The van der Waals surface area contributed by atoms with E-state index < -0.39 is 0 Å². The fraction of sp³-hybridized carbons (Fsp3) is 0.667. The van der Waals surface area contributed by atoms with Gasteiger partial charge in [0.15, 0.2) is 5.13 Å². The molecule has 0 aromatic carbocycles. The Morgan fingerprint density at radius 2 is 2.11 bits per heavy atom. The summed E-state index contributed by atoms with van der Waals surface area (Å²) >= 11 is 1.68. The number of likely N-dealkylation sites (N-methyl/N-ethyl adjacent to an activating group) is 1. The number of nitrogens with one attached hydrogen (secondary N) is 2. The fourth-order valence-corrected chi connectivity index (χ4v) is 2.58. The highest BCUT2D eigenvalue weighted by Gasteiger charge is 2.07. The number of aromatic nitrogens is 1. The first-order valence-electron chi connectivity index (χ1n) is 6.38. The monoisotopic (exact) mass is 270 g/mol. The normalized spacial score (nSPS) is 10.4. The lowest BCUT2D eigenvalue weighted by molar-refractivity contribution is -0.120. The molecule has 0 radical (unpaired) electrons. The van der Waals surface area contributed by atoms with Gasteiger partial charge in [0.1, 0.15) is 0 Å². The molecule has 0 unspecified atom stereocenters. The zero-order chi connectivity index (χ0) is 13.4. The maximum Gasteiger partial charge on any atom is 0.233 e. The summed E-state index contributed by atoms with van der Waals surface area (Å²) in [7, 11) is 0. The highest BCUT2D eigenvalue weighted by molar-refractivity contribution is 7.15. The minimum Gasteiger partial charge on any atom is -0.355 e. The molecule has 5 nitrogen and oxygen atoms in total. The van der Waals surface area contributed by atoms with Crippen molar-refractivity contribution in [3.63, 3.8) is 0 Å². The van der Waals surface area contributed by atoms with Crippen LogP contribution < -0.4 is 15.5 Å². The predicted octanol–water partition coefficient (Wildman–Crippen LogP) is 1.21. The molecule has 0 aliphatic carbocycles. The average molecular weight is 270 g/mol. The Bertz CT molecular complexity index is 363. The molecular formula is C12H22N4OS. The number of hydrogen-bond acceptors (Lipinski definition) is 5. The number of hydrogen-bond donors (Lipinski definition) is 2. The van der Waals surface area contributed by atoms with E-state index in [0.717, 1.165) is 23.1 Å². The minimum atomic E-state index is 0.0333. The predicted molar refractivity (Wildman–Crippen MR) is 76.1 cm³/mol. The van der Waals surface area contributed by atoms with Crippen molar-refractivity contribution in [2.75, 3.05) is 31.1 Å². The van der Waals surface area contributed by atoms with Crippen LogP contribution in [0, 0.1) is 0 Å². The van der Waals surface area contributed by atoms with Crippen LogP contribution in [-0.2, 0) is 11.3 Å². The first-order chi connectivity index (χ1) is 8.71. The van der Waals surface area contributed by atoms with E-state index in [2.05, 4.69) is 34.4 Å². The summed E-state index contributed by atoms with van der Waals surface area (Å²) in [5, 5.41) is 6.92. The van der Waals surface area contributed by atoms with E-state index in [-0.39, 0.29) is 5.91 Å². The Labute approximate surface area is 113 Å². The van der Waals surface area contributed by atoms with Crippen LogP contribution in [0.3, 0.4) is 0 Å². The van der Waals surface area contributed by atoms with Crippen LogP contribution in [0.5, 0.6) is 0 Å². The van der Waals surface area contributed by atoms with E-state index >= 15 is 0 Å². The van der Waals surface area contributed by atoms with Gasteiger partial charge < -0.3 is 15.5 Å². The molecule has 0 atom stereocenters. The Morgan fingerprint density at radius 1 is 1.39 bits per heavy atom. The summed E-state index contributed by atoms with van der Waals surface area (Å²) in [5.41, 5.74) is 0. The quantitative estimate of drug-likeness (QED) is 0.745. The topological polar surface area (TPSA) is 57.3 Å². The van der Waals surface area contributed by atoms with Crippen molar-refractivity contribution in [1.29, 1.82) is 0 Å². The van der Waals surface area contributed by atoms with Gasteiger partial charge in [-0.1, -0.05) is 0 Å². The van der Waals surface area contributed by atoms with Crippen molar-refractivity contribution >= 4 is 22.4 Å². The molecule has 102 valence electrons. The van der Waals surface area contributed by atoms with E-state index in [4.69, 9.17) is 0 Å². The molecule has 0 aliphatic rings. The molecule has 2 N–H and O–H groups in total. The molecule has 0 spiro atoms. The highest BCUT2D eigenvalue weighted by Crippen LogP contribution is 2.21. The first-order valence-corrected chi connectivity index (χ1v) is 7.19.